The molecule has 1 aromatic carbocycles. The molecule has 0 bridgehead atoms. The lowest BCUT2D eigenvalue weighted by Crippen LogP contribution is -2.20. The van der Waals surface area contributed by atoms with Crippen molar-refractivity contribution in [3.05, 3.63) is 78.3 Å². The lowest BCUT2D eigenvalue weighted by Gasteiger charge is -2.11. The van der Waals surface area contributed by atoms with Crippen molar-refractivity contribution in [1.82, 2.24) is 19.2 Å². The molecule has 0 radical (unpaired) electrons. The standard InChI is InChI=1S/C19H14F4N6O/c20-16-5-4-12(7-15(16)19(21,22)23)26-18(30)27-13-8-24-29(10-13)11-14-9-28-6-2-1-3-17(28)25-14/h1-10H,11H2,(H2,26,27,30). The number of hydrogen-bond acceptors (Lipinski definition) is 3. The lowest BCUT2D eigenvalue weighted by molar-refractivity contribution is -0.139. The van der Waals surface area contributed by atoms with Gasteiger partial charge >= 0.3 is 12.2 Å². The lowest BCUT2D eigenvalue weighted by atomic mass is 10.2. The third kappa shape index (κ3) is 4.24. The van der Waals surface area contributed by atoms with Gasteiger partial charge in [-0.05, 0) is 30.3 Å². The third-order valence-corrected chi connectivity index (χ3v) is 4.16. The van der Waals surface area contributed by atoms with Crippen LogP contribution in [-0.2, 0) is 12.7 Å². The summed E-state index contributed by atoms with van der Waals surface area (Å²) in [5.41, 5.74) is 0.217. The van der Waals surface area contributed by atoms with Crippen molar-refractivity contribution in [3.8, 4) is 0 Å². The fourth-order valence-electron chi connectivity index (χ4n) is 2.86. The highest BCUT2D eigenvalue weighted by Crippen LogP contribution is 2.33. The van der Waals surface area contributed by atoms with E-state index in [1.165, 1.54) is 6.20 Å². The van der Waals surface area contributed by atoms with Crippen LogP contribution in [0.4, 0.5) is 33.7 Å². The first kappa shape index (κ1) is 19.4. The second kappa shape index (κ2) is 7.50. The number of fused-ring (bicyclic) bond motifs is 1. The summed E-state index contributed by atoms with van der Waals surface area (Å²) in [4.78, 5) is 16.5. The average molecular weight is 418 g/mol. The first-order chi connectivity index (χ1) is 14.3. The molecule has 2 N–H and O–H groups in total. The number of pyridine rings is 1. The van der Waals surface area contributed by atoms with Gasteiger partial charge in [-0.25, -0.2) is 14.2 Å². The number of nitrogens with zero attached hydrogens (tertiary/aromatic N) is 4. The number of amides is 2. The van der Waals surface area contributed by atoms with Gasteiger partial charge in [-0.3, -0.25) is 4.68 Å². The minimum Gasteiger partial charge on any atom is -0.308 e. The van der Waals surface area contributed by atoms with Crippen LogP contribution in [0.3, 0.4) is 0 Å². The summed E-state index contributed by atoms with van der Waals surface area (Å²) in [6.45, 7) is 0.359. The van der Waals surface area contributed by atoms with Gasteiger partial charge in [-0.2, -0.15) is 18.3 Å². The SMILES string of the molecule is O=C(Nc1ccc(F)c(C(F)(F)F)c1)Nc1cnn(Cc2cn3ccccc3n2)c1. The maximum absolute atomic E-state index is 13.3. The highest BCUT2D eigenvalue weighted by Gasteiger charge is 2.34. The van der Waals surface area contributed by atoms with Gasteiger partial charge in [0.05, 0.1) is 29.7 Å². The van der Waals surface area contributed by atoms with Crippen LogP contribution in [0.1, 0.15) is 11.3 Å². The molecule has 0 saturated heterocycles. The number of anilines is 2. The van der Waals surface area contributed by atoms with E-state index >= 15 is 0 Å². The molecule has 0 aliphatic carbocycles. The van der Waals surface area contributed by atoms with Gasteiger partial charge in [0.25, 0.3) is 0 Å². The van der Waals surface area contributed by atoms with Gasteiger partial charge in [0, 0.05) is 24.3 Å². The first-order valence-electron chi connectivity index (χ1n) is 8.68. The van der Waals surface area contributed by atoms with Crippen molar-refractivity contribution in [2.75, 3.05) is 10.6 Å². The van der Waals surface area contributed by atoms with E-state index in [1.54, 1.807) is 10.9 Å². The number of alkyl halides is 3. The predicted octanol–water partition coefficient (Wildman–Crippen LogP) is 4.38. The van der Waals surface area contributed by atoms with Crippen molar-refractivity contribution in [1.29, 1.82) is 0 Å². The Kier molecular flexibility index (Phi) is 4.86. The van der Waals surface area contributed by atoms with Crippen molar-refractivity contribution < 1.29 is 22.4 Å². The smallest absolute Gasteiger partial charge is 0.308 e. The Morgan fingerprint density at radius 3 is 2.63 bits per heavy atom. The average Bonchev–Trinajstić information content (AvgIpc) is 3.28. The van der Waals surface area contributed by atoms with Crippen LogP contribution in [0, 0.1) is 5.82 Å². The van der Waals surface area contributed by atoms with Gasteiger partial charge in [-0.15, -0.1) is 0 Å². The zero-order valence-electron chi connectivity index (χ0n) is 15.2. The minimum atomic E-state index is -4.86. The number of benzene rings is 1. The number of halogens is 4. The van der Waals surface area contributed by atoms with Crippen LogP contribution in [-0.4, -0.2) is 25.2 Å². The molecule has 2 amide bonds. The van der Waals surface area contributed by atoms with E-state index in [1.807, 2.05) is 35.0 Å². The Labute approximate surface area is 167 Å². The maximum atomic E-state index is 13.3. The molecule has 4 aromatic rings. The minimum absolute atomic E-state index is 0.196. The number of hydrogen-bond donors (Lipinski definition) is 2. The van der Waals surface area contributed by atoms with E-state index in [4.69, 9.17) is 0 Å². The molecule has 4 rings (SSSR count). The number of carbonyl (C=O) groups excluding carboxylic acids is 1. The van der Waals surface area contributed by atoms with E-state index in [0.717, 1.165) is 17.4 Å². The van der Waals surface area contributed by atoms with E-state index in [2.05, 4.69) is 20.7 Å². The van der Waals surface area contributed by atoms with Crippen LogP contribution >= 0.6 is 0 Å². The molecule has 0 atom stereocenters. The number of carbonyl (C=O) groups is 1. The molecule has 11 heteroatoms. The summed E-state index contributed by atoms with van der Waals surface area (Å²) in [6, 6.07) is 7.04. The fourth-order valence-corrected chi connectivity index (χ4v) is 2.86. The summed E-state index contributed by atoms with van der Waals surface area (Å²) in [5.74, 6) is -1.42. The Balaban J connectivity index is 1.40. The number of rotatable bonds is 4. The van der Waals surface area contributed by atoms with E-state index in [-0.39, 0.29) is 5.69 Å². The van der Waals surface area contributed by atoms with Gasteiger partial charge < -0.3 is 15.0 Å². The third-order valence-electron chi connectivity index (χ3n) is 4.16. The molecule has 0 saturated carbocycles. The van der Waals surface area contributed by atoms with Crippen LogP contribution in [0.25, 0.3) is 5.65 Å². The Hall–Kier alpha value is -3.89. The largest absolute Gasteiger partial charge is 0.419 e. The summed E-state index contributed by atoms with van der Waals surface area (Å²) in [7, 11) is 0. The van der Waals surface area contributed by atoms with Crippen molar-refractivity contribution in [2.45, 2.75) is 12.7 Å². The molecule has 154 valence electrons. The maximum Gasteiger partial charge on any atom is 0.419 e. The Morgan fingerprint density at radius 2 is 1.87 bits per heavy atom. The van der Waals surface area contributed by atoms with Gasteiger partial charge in [0.2, 0.25) is 0 Å². The molecule has 0 fully saturated rings. The monoisotopic (exact) mass is 418 g/mol. The zero-order chi connectivity index (χ0) is 21.3. The van der Waals surface area contributed by atoms with Crippen molar-refractivity contribution in [3.63, 3.8) is 0 Å². The number of nitrogens with one attached hydrogen (secondary N) is 2. The van der Waals surface area contributed by atoms with Crippen molar-refractivity contribution in [2.24, 2.45) is 0 Å². The van der Waals surface area contributed by atoms with Crippen molar-refractivity contribution >= 4 is 23.1 Å². The fraction of sp³-hybridized carbons (Fsp3) is 0.105. The van der Waals surface area contributed by atoms with Crippen LogP contribution < -0.4 is 10.6 Å². The molecule has 3 aromatic heterocycles. The summed E-state index contributed by atoms with van der Waals surface area (Å²) in [5, 5.41) is 8.83. The molecule has 0 aliphatic rings. The van der Waals surface area contributed by atoms with Gasteiger partial charge in [0.15, 0.2) is 0 Å². The Bertz CT molecular complexity index is 1180. The highest BCUT2D eigenvalue weighted by molar-refractivity contribution is 5.99. The number of aromatic nitrogens is 4. The molecule has 0 unspecified atom stereocenters. The van der Waals surface area contributed by atoms with E-state index in [0.29, 0.717) is 24.4 Å². The molecular formula is C19H14F4N6O. The zero-order valence-corrected chi connectivity index (χ0v) is 15.2. The topological polar surface area (TPSA) is 76.2 Å². The predicted molar refractivity (Wildman–Crippen MR) is 101 cm³/mol. The molecule has 30 heavy (non-hydrogen) atoms. The van der Waals surface area contributed by atoms with Crippen LogP contribution in [0.15, 0.2) is 61.2 Å². The second-order valence-electron chi connectivity index (χ2n) is 6.40. The van der Waals surface area contributed by atoms with E-state index in [9.17, 15) is 22.4 Å². The van der Waals surface area contributed by atoms with Gasteiger partial charge in [-0.1, -0.05) is 6.07 Å². The first-order valence-corrected chi connectivity index (χ1v) is 8.68. The summed E-state index contributed by atoms with van der Waals surface area (Å²) < 4.78 is 55.1. The van der Waals surface area contributed by atoms with Crippen LogP contribution in [0.5, 0.6) is 0 Å². The Morgan fingerprint density at radius 1 is 1.07 bits per heavy atom. The second-order valence-corrected chi connectivity index (χ2v) is 6.40. The van der Waals surface area contributed by atoms with Crippen LogP contribution in [0.2, 0.25) is 0 Å². The summed E-state index contributed by atoms with van der Waals surface area (Å²) in [6.07, 6.45) is 1.80. The molecule has 3 heterocycles. The van der Waals surface area contributed by atoms with Gasteiger partial charge in [0.1, 0.15) is 11.5 Å². The molecular weight excluding hydrogens is 404 g/mol. The normalized spacial score (nSPS) is 11.6. The molecule has 7 nitrogen and oxygen atoms in total. The highest BCUT2D eigenvalue weighted by atomic mass is 19.4. The number of urea groups is 1. The molecule has 0 aliphatic heterocycles. The molecule has 0 spiro atoms. The van der Waals surface area contributed by atoms with E-state index < -0.39 is 23.6 Å². The summed E-state index contributed by atoms with van der Waals surface area (Å²) >= 11 is 0. The number of imidazole rings is 1. The quantitative estimate of drug-likeness (QED) is 0.483.